The van der Waals surface area contributed by atoms with Crippen molar-refractivity contribution in [2.75, 3.05) is 0 Å². The van der Waals surface area contributed by atoms with E-state index < -0.39 is 7.82 Å². The average molecular weight is 194 g/mol. The molecule has 4 nitrogen and oxygen atoms in total. The van der Waals surface area contributed by atoms with Gasteiger partial charge in [0.15, 0.2) is 0 Å². The maximum absolute atomic E-state index is 10.1. The topological polar surface area (TPSA) is 66.8 Å². The molecular weight excluding hydrogens is 179 g/mol. The van der Waals surface area contributed by atoms with Gasteiger partial charge in [-0.25, -0.2) is 4.57 Å². The molecule has 0 saturated carbocycles. The Morgan fingerprint density at radius 2 is 2.08 bits per heavy atom. The van der Waals surface area contributed by atoms with Gasteiger partial charge in [0, 0.05) is 0 Å². The number of allylic oxidation sites excluding steroid dienone is 1. The Morgan fingerprint density at radius 3 is 2.58 bits per heavy atom. The molecule has 0 heterocycles. The average Bonchev–Trinajstić information content (AvgIpc) is 1.94. The number of phosphoric acid groups is 1. The molecule has 72 valence electrons. The van der Waals surface area contributed by atoms with E-state index in [0.717, 1.165) is 31.9 Å². The van der Waals surface area contributed by atoms with Gasteiger partial charge in [0.1, 0.15) is 0 Å². The van der Waals surface area contributed by atoms with Gasteiger partial charge in [-0.2, -0.15) is 0 Å². The summed E-state index contributed by atoms with van der Waals surface area (Å²) in [6.45, 7) is 2.09. The highest BCUT2D eigenvalue weighted by atomic mass is 31.2. The monoisotopic (exact) mass is 194 g/mol. The fourth-order valence-electron chi connectivity index (χ4n) is 0.703. The number of hydrogen-bond acceptors (Lipinski definition) is 2. The third kappa shape index (κ3) is 9.69. The van der Waals surface area contributed by atoms with E-state index in [1.807, 2.05) is 0 Å². The van der Waals surface area contributed by atoms with Crippen LogP contribution in [0.2, 0.25) is 0 Å². The smallest absolute Gasteiger partial charge is 0.413 e. The Bertz CT molecular complexity index is 172. The molecule has 0 aromatic heterocycles. The Balaban J connectivity index is 3.32. The second-order valence-electron chi connectivity index (χ2n) is 2.46. The van der Waals surface area contributed by atoms with Gasteiger partial charge < -0.3 is 4.52 Å². The molecule has 0 aliphatic carbocycles. The third-order valence-corrected chi connectivity index (χ3v) is 1.67. The van der Waals surface area contributed by atoms with Crippen molar-refractivity contribution in [2.24, 2.45) is 0 Å². The Kier molecular flexibility index (Phi) is 6.07. The van der Waals surface area contributed by atoms with Crippen LogP contribution in [-0.4, -0.2) is 9.79 Å². The first-order valence-electron chi connectivity index (χ1n) is 3.95. The number of rotatable bonds is 6. The summed E-state index contributed by atoms with van der Waals surface area (Å²) in [5, 5.41) is 0. The maximum Gasteiger partial charge on any atom is 0.524 e. The number of phosphoric ester groups is 1. The first-order valence-corrected chi connectivity index (χ1v) is 5.48. The van der Waals surface area contributed by atoms with E-state index >= 15 is 0 Å². The first-order chi connectivity index (χ1) is 5.56. The summed E-state index contributed by atoms with van der Waals surface area (Å²) in [4.78, 5) is 16.5. The lowest BCUT2D eigenvalue weighted by molar-refractivity contribution is 0.258. The van der Waals surface area contributed by atoms with Crippen molar-refractivity contribution < 1.29 is 18.9 Å². The van der Waals surface area contributed by atoms with Gasteiger partial charge in [-0.1, -0.05) is 19.8 Å². The van der Waals surface area contributed by atoms with Gasteiger partial charge >= 0.3 is 7.82 Å². The van der Waals surface area contributed by atoms with E-state index in [2.05, 4.69) is 11.4 Å². The molecule has 0 atom stereocenters. The molecule has 2 N–H and O–H groups in total. The van der Waals surface area contributed by atoms with Crippen LogP contribution in [0.4, 0.5) is 0 Å². The summed E-state index contributed by atoms with van der Waals surface area (Å²) in [6.07, 6.45) is 6.77. The van der Waals surface area contributed by atoms with Crippen LogP contribution in [0, 0.1) is 0 Å². The van der Waals surface area contributed by atoms with E-state index in [-0.39, 0.29) is 0 Å². The van der Waals surface area contributed by atoms with Crippen LogP contribution in [0.1, 0.15) is 32.6 Å². The van der Waals surface area contributed by atoms with Crippen molar-refractivity contribution >= 4 is 7.82 Å². The van der Waals surface area contributed by atoms with Crippen LogP contribution in [0.3, 0.4) is 0 Å². The molecular formula is C7H15O4P. The van der Waals surface area contributed by atoms with Crippen LogP contribution in [0.25, 0.3) is 0 Å². The zero-order valence-electron chi connectivity index (χ0n) is 7.14. The standard InChI is InChI=1S/C7H15O4P/c1-2-3-4-5-6-7-11-12(8,9)10/h6-7H,2-5H2,1H3,(H2,8,9,10). The summed E-state index contributed by atoms with van der Waals surface area (Å²) in [5.74, 6) is 0. The summed E-state index contributed by atoms with van der Waals surface area (Å²) in [7, 11) is -4.31. The van der Waals surface area contributed by atoms with Crippen LogP contribution in [-0.2, 0) is 9.09 Å². The summed E-state index contributed by atoms with van der Waals surface area (Å²) >= 11 is 0. The van der Waals surface area contributed by atoms with E-state index in [9.17, 15) is 4.57 Å². The second-order valence-corrected chi connectivity index (χ2v) is 3.66. The Hall–Kier alpha value is -0.310. The van der Waals surface area contributed by atoms with Crippen molar-refractivity contribution in [1.29, 1.82) is 0 Å². The van der Waals surface area contributed by atoms with Gasteiger partial charge in [-0.15, -0.1) is 0 Å². The van der Waals surface area contributed by atoms with Crippen molar-refractivity contribution in [3.05, 3.63) is 12.3 Å². The normalized spacial score (nSPS) is 12.2. The first kappa shape index (κ1) is 11.7. The summed E-state index contributed by atoms with van der Waals surface area (Å²) in [6, 6.07) is 0. The molecule has 0 unspecified atom stereocenters. The van der Waals surface area contributed by atoms with Crippen LogP contribution in [0.5, 0.6) is 0 Å². The minimum absolute atomic E-state index is 0.799. The molecule has 0 aromatic carbocycles. The highest BCUT2D eigenvalue weighted by molar-refractivity contribution is 7.46. The summed E-state index contributed by atoms with van der Waals surface area (Å²) in [5.41, 5.74) is 0. The van der Waals surface area contributed by atoms with Crippen molar-refractivity contribution in [3.8, 4) is 0 Å². The highest BCUT2D eigenvalue weighted by Crippen LogP contribution is 2.35. The zero-order chi connectivity index (χ0) is 9.45. The maximum atomic E-state index is 10.1. The van der Waals surface area contributed by atoms with Crippen LogP contribution < -0.4 is 0 Å². The molecule has 12 heavy (non-hydrogen) atoms. The second kappa shape index (κ2) is 6.23. The lowest BCUT2D eigenvalue weighted by atomic mass is 10.2. The van der Waals surface area contributed by atoms with Crippen LogP contribution >= 0.6 is 7.82 Å². The van der Waals surface area contributed by atoms with E-state index in [1.54, 1.807) is 6.08 Å². The molecule has 0 radical (unpaired) electrons. The molecule has 0 aromatic rings. The fourth-order valence-corrected chi connectivity index (χ4v) is 0.947. The van der Waals surface area contributed by atoms with Crippen molar-refractivity contribution in [2.45, 2.75) is 32.6 Å². The molecule has 0 rings (SSSR count). The highest BCUT2D eigenvalue weighted by Gasteiger charge is 2.10. The quantitative estimate of drug-likeness (QED) is 0.386. The molecule has 0 saturated heterocycles. The van der Waals surface area contributed by atoms with E-state index in [0.29, 0.717) is 0 Å². The van der Waals surface area contributed by atoms with Crippen LogP contribution in [0.15, 0.2) is 12.3 Å². The van der Waals surface area contributed by atoms with E-state index in [4.69, 9.17) is 9.79 Å². The van der Waals surface area contributed by atoms with Gasteiger partial charge in [-0.3, -0.25) is 9.79 Å². The minimum Gasteiger partial charge on any atom is -0.413 e. The zero-order valence-corrected chi connectivity index (χ0v) is 8.04. The largest absolute Gasteiger partial charge is 0.524 e. The van der Waals surface area contributed by atoms with Crippen molar-refractivity contribution in [1.82, 2.24) is 0 Å². The lowest BCUT2D eigenvalue weighted by Crippen LogP contribution is -1.78. The molecule has 0 bridgehead atoms. The SMILES string of the molecule is CCCCCC=COP(=O)(O)O. The molecule has 0 aliphatic heterocycles. The van der Waals surface area contributed by atoms with Gasteiger partial charge in [0.2, 0.25) is 0 Å². The molecule has 0 amide bonds. The predicted molar refractivity (Wildman–Crippen MR) is 46.4 cm³/mol. The molecule has 0 aliphatic rings. The van der Waals surface area contributed by atoms with Gasteiger partial charge in [0.05, 0.1) is 6.26 Å². The Morgan fingerprint density at radius 1 is 1.42 bits per heavy atom. The molecule has 0 spiro atoms. The fraction of sp³-hybridized carbons (Fsp3) is 0.714. The van der Waals surface area contributed by atoms with Gasteiger partial charge in [0.25, 0.3) is 0 Å². The minimum atomic E-state index is -4.31. The lowest BCUT2D eigenvalue weighted by Gasteiger charge is -1.99. The summed E-state index contributed by atoms with van der Waals surface area (Å²) < 4.78 is 14.2. The van der Waals surface area contributed by atoms with E-state index in [1.165, 1.54) is 0 Å². The third-order valence-electron chi connectivity index (χ3n) is 1.27. The van der Waals surface area contributed by atoms with Gasteiger partial charge in [-0.05, 0) is 18.9 Å². The van der Waals surface area contributed by atoms with Crippen molar-refractivity contribution in [3.63, 3.8) is 0 Å². The number of unbranched alkanes of at least 4 members (excludes halogenated alkanes) is 3. The number of hydrogen-bond donors (Lipinski definition) is 2. The predicted octanol–water partition coefficient (Wildman–Crippen LogP) is 2.19. The molecule has 0 fully saturated rings. The Labute approximate surface area is 72.5 Å². The molecule has 5 heteroatoms.